The molecule has 0 saturated carbocycles. The normalized spacial score (nSPS) is 15.0. The van der Waals surface area contributed by atoms with Gasteiger partial charge in [-0.3, -0.25) is 0 Å². The predicted molar refractivity (Wildman–Crippen MR) is 71.2 cm³/mol. The van der Waals surface area contributed by atoms with E-state index in [9.17, 15) is 0 Å². The molecule has 0 saturated heterocycles. The highest BCUT2D eigenvalue weighted by Crippen LogP contribution is 2.24. The summed E-state index contributed by atoms with van der Waals surface area (Å²) in [4.78, 5) is 0. The topological polar surface area (TPSA) is 32.3 Å². The SMILES string of the molecule is CC(CO)CCCNC(C)c1csc(Cl)c1. The molecule has 1 rings (SSSR count). The summed E-state index contributed by atoms with van der Waals surface area (Å²) in [7, 11) is 0. The first kappa shape index (κ1) is 14.0. The van der Waals surface area contributed by atoms with Crippen LogP contribution in [0.4, 0.5) is 0 Å². The molecule has 1 aromatic heterocycles. The van der Waals surface area contributed by atoms with Crippen LogP contribution in [0, 0.1) is 5.92 Å². The van der Waals surface area contributed by atoms with E-state index in [2.05, 4.69) is 24.5 Å². The number of rotatable bonds is 7. The van der Waals surface area contributed by atoms with Gasteiger partial charge in [-0.05, 0) is 49.2 Å². The molecule has 1 aromatic rings. The van der Waals surface area contributed by atoms with Gasteiger partial charge >= 0.3 is 0 Å². The molecule has 16 heavy (non-hydrogen) atoms. The second-order valence-corrected chi connectivity index (χ2v) is 5.83. The first-order valence-electron chi connectivity index (χ1n) is 5.71. The van der Waals surface area contributed by atoms with E-state index in [4.69, 9.17) is 16.7 Å². The van der Waals surface area contributed by atoms with Crippen molar-refractivity contribution in [1.82, 2.24) is 5.32 Å². The van der Waals surface area contributed by atoms with Gasteiger partial charge in [0.15, 0.2) is 0 Å². The van der Waals surface area contributed by atoms with Crippen molar-refractivity contribution in [2.24, 2.45) is 5.92 Å². The molecule has 92 valence electrons. The molecule has 2 unspecified atom stereocenters. The summed E-state index contributed by atoms with van der Waals surface area (Å²) in [5, 5.41) is 14.4. The van der Waals surface area contributed by atoms with Crippen LogP contribution >= 0.6 is 22.9 Å². The van der Waals surface area contributed by atoms with E-state index in [0.29, 0.717) is 12.0 Å². The Morgan fingerprint density at radius 2 is 2.25 bits per heavy atom. The molecule has 0 aliphatic rings. The molecule has 2 atom stereocenters. The average Bonchev–Trinajstić information content (AvgIpc) is 2.70. The molecule has 0 spiro atoms. The minimum absolute atomic E-state index is 0.287. The van der Waals surface area contributed by atoms with Crippen molar-refractivity contribution < 1.29 is 5.11 Å². The summed E-state index contributed by atoms with van der Waals surface area (Å²) in [5.74, 6) is 0.410. The van der Waals surface area contributed by atoms with Gasteiger partial charge in [0.2, 0.25) is 0 Å². The Morgan fingerprint density at radius 3 is 2.81 bits per heavy atom. The Bertz CT molecular complexity index is 303. The van der Waals surface area contributed by atoms with Gasteiger partial charge in [0.1, 0.15) is 0 Å². The van der Waals surface area contributed by atoms with Crippen molar-refractivity contribution >= 4 is 22.9 Å². The largest absolute Gasteiger partial charge is 0.396 e. The highest BCUT2D eigenvalue weighted by atomic mass is 35.5. The Hall–Kier alpha value is -0.0900. The minimum Gasteiger partial charge on any atom is -0.396 e. The molecule has 0 bridgehead atoms. The molecular weight excluding hydrogens is 242 g/mol. The van der Waals surface area contributed by atoms with Gasteiger partial charge in [-0.1, -0.05) is 18.5 Å². The molecule has 0 aliphatic heterocycles. The van der Waals surface area contributed by atoms with Crippen molar-refractivity contribution in [3.05, 3.63) is 21.3 Å². The third kappa shape index (κ3) is 4.83. The maximum absolute atomic E-state index is 8.89. The average molecular weight is 262 g/mol. The second kappa shape index (κ2) is 7.28. The van der Waals surface area contributed by atoms with Gasteiger partial charge in [0, 0.05) is 12.6 Å². The third-order valence-corrected chi connectivity index (χ3v) is 3.83. The Kier molecular flexibility index (Phi) is 6.36. The molecular formula is C12H20ClNOS. The van der Waals surface area contributed by atoms with E-state index in [1.165, 1.54) is 5.56 Å². The number of halogens is 1. The lowest BCUT2D eigenvalue weighted by molar-refractivity contribution is 0.227. The van der Waals surface area contributed by atoms with Crippen LogP contribution in [-0.4, -0.2) is 18.3 Å². The van der Waals surface area contributed by atoms with E-state index in [1.807, 2.05) is 6.07 Å². The minimum atomic E-state index is 0.287. The van der Waals surface area contributed by atoms with Crippen LogP contribution in [0.3, 0.4) is 0 Å². The van der Waals surface area contributed by atoms with Gasteiger partial charge in [0.25, 0.3) is 0 Å². The molecule has 2 nitrogen and oxygen atoms in total. The Labute approximate surface area is 107 Å². The van der Waals surface area contributed by atoms with Crippen LogP contribution < -0.4 is 5.32 Å². The molecule has 0 aromatic carbocycles. The summed E-state index contributed by atoms with van der Waals surface area (Å²) in [6.07, 6.45) is 2.17. The molecule has 4 heteroatoms. The van der Waals surface area contributed by atoms with Gasteiger partial charge < -0.3 is 10.4 Å². The molecule has 0 aliphatic carbocycles. The quantitative estimate of drug-likeness (QED) is 0.737. The Morgan fingerprint density at radius 1 is 1.50 bits per heavy atom. The van der Waals surface area contributed by atoms with Crippen molar-refractivity contribution in [3.63, 3.8) is 0 Å². The Balaban J connectivity index is 2.18. The standard InChI is InChI=1S/C12H20ClNOS/c1-9(7-15)4-3-5-14-10(2)11-6-12(13)16-8-11/h6,8-10,14-15H,3-5,7H2,1-2H3. The van der Waals surface area contributed by atoms with Crippen molar-refractivity contribution in [2.75, 3.05) is 13.2 Å². The highest BCUT2D eigenvalue weighted by Gasteiger charge is 2.07. The molecule has 0 radical (unpaired) electrons. The maximum atomic E-state index is 8.89. The summed E-state index contributed by atoms with van der Waals surface area (Å²) in [6.45, 7) is 5.49. The van der Waals surface area contributed by atoms with Crippen molar-refractivity contribution in [3.8, 4) is 0 Å². The lowest BCUT2D eigenvalue weighted by Gasteiger charge is -2.13. The maximum Gasteiger partial charge on any atom is 0.0931 e. The zero-order chi connectivity index (χ0) is 12.0. The van der Waals surface area contributed by atoms with E-state index in [0.717, 1.165) is 23.7 Å². The zero-order valence-electron chi connectivity index (χ0n) is 9.87. The van der Waals surface area contributed by atoms with Crippen molar-refractivity contribution in [1.29, 1.82) is 0 Å². The molecule has 2 N–H and O–H groups in total. The summed E-state index contributed by atoms with van der Waals surface area (Å²) in [6, 6.07) is 2.37. The molecule has 1 heterocycles. The van der Waals surface area contributed by atoms with Gasteiger partial charge in [0.05, 0.1) is 4.34 Å². The number of hydrogen-bond acceptors (Lipinski definition) is 3. The van der Waals surface area contributed by atoms with E-state index in [1.54, 1.807) is 11.3 Å². The number of thiophene rings is 1. The molecule has 0 amide bonds. The fourth-order valence-electron chi connectivity index (χ4n) is 1.53. The summed E-state index contributed by atoms with van der Waals surface area (Å²) >= 11 is 7.46. The highest BCUT2D eigenvalue weighted by molar-refractivity contribution is 7.14. The van der Waals surface area contributed by atoms with E-state index >= 15 is 0 Å². The predicted octanol–water partition coefficient (Wildman–Crippen LogP) is 3.46. The van der Waals surface area contributed by atoms with E-state index in [-0.39, 0.29) is 6.61 Å². The number of nitrogens with one attached hydrogen (secondary N) is 1. The first-order chi connectivity index (χ1) is 7.63. The summed E-state index contributed by atoms with van der Waals surface area (Å²) in [5.41, 5.74) is 1.25. The lowest BCUT2D eigenvalue weighted by atomic mass is 10.1. The van der Waals surface area contributed by atoms with Crippen LogP contribution in [0.15, 0.2) is 11.4 Å². The number of aliphatic hydroxyl groups excluding tert-OH is 1. The smallest absolute Gasteiger partial charge is 0.0931 e. The second-order valence-electron chi connectivity index (χ2n) is 4.29. The van der Waals surface area contributed by atoms with Crippen molar-refractivity contribution in [2.45, 2.75) is 32.7 Å². The van der Waals surface area contributed by atoms with Crippen LogP contribution in [0.1, 0.15) is 38.3 Å². The zero-order valence-corrected chi connectivity index (χ0v) is 11.4. The van der Waals surface area contributed by atoms with E-state index < -0.39 is 0 Å². The van der Waals surface area contributed by atoms with Crippen LogP contribution in [-0.2, 0) is 0 Å². The first-order valence-corrected chi connectivity index (χ1v) is 6.97. The summed E-state index contributed by atoms with van der Waals surface area (Å²) < 4.78 is 0.845. The monoisotopic (exact) mass is 261 g/mol. The van der Waals surface area contributed by atoms with Gasteiger partial charge in [-0.2, -0.15) is 0 Å². The van der Waals surface area contributed by atoms with Crippen LogP contribution in [0.5, 0.6) is 0 Å². The fraction of sp³-hybridized carbons (Fsp3) is 0.667. The fourth-order valence-corrected chi connectivity index (χ4v) is 2.51. The van der Waals surface area contributed by atoms with Crippen LogP contribution in [0.25, 0.3) is 0 Å². The van der Waals surface area contributed by atoms with Gasteiger partial charge in [-0.25, -0.2) is 0 Å². The third-order valence-electron chi connectivity index (χ3n) is 2.72. The number of aliphatic hydroxyl groups is 1. The van der Waals surface area contributed by atoms with Gasteiger partial charge in [-0.15, -0.1) is 11.3 Å². The number of hydrogen-bond donors (Lipinski definition) is 2. The van der Waals surface area contributed by atoms with Crippen LogP contribution in [0.2, 0.25) is 4.34 Å². The lowest BCUT2D eigenvalue weighted by Crippen LogP contribution is -2.20. The molecule has 0 fully saturated rings.